The van der Waals surface area contributed by atoms with Crippen LogP contribution in [0, 0.1) is 0 Å². The molecule has 9 N–H and O–H groups in total. The number of carbonyl (C=O) groups is 4. The van der Waals surface area contributed by atoms with E-state index in [1.54, 1.807) is 12.1 Å². The molecule has 0 fully saturated rings. The van der Waals surface area contributed by atoms with Gasteiger partial charge in [0.05, 0.1) is 5.54 Å². The fourth-order valence-corrected chi connectivity index (χ4v) is 2.47. The van der Waals surface area contributed by atoms with Gasteiger partial charge in [-0.15, -0.1) is 0 Å². The van der Waals surface area contributed by atoms with E-state index >= 15 is 0 Å². The summed E-state index contributed by atoms with van der Waals surface area (Å²) in [5, 5.41) is 26.1. The minimum atomic E-state index is -1.25. The summed E-state index contributed by atoms with van der Waals surface area (Å²) < 4.78 is 0. The molecule has 4 amide bonds. The number of urea groups is 1. The summed E-state index contributed by atoms with van der Waals surface area (Å²) >= 11 is 0. The Kier molecular flexibility index (Phi) is 9.06. The van der Waals surface area contributed by atoms with Gasteiger partial charge in [-0.2, -0.15) is 0 Å². The van der Waals surface area contributed by atoms with Gasteiger partial charge in [0.1, 0.15) is 17.8 Å². The molecule has 1 aromatic carbocycles. The van der Waals surface area contributed by atoms with Gasteiger partial charge in [0.15, 0.2) is 0 Å². The first-order chi connectivity index (χ1) is 13.9. The van der Waals surface area contributed by atoms with Gasteiger partial charge in [0.25, 0.3) is 0 Å². The number of phenolic OH excluding ortho intramolecular Hbond substituents is 1. The largest absolute Gasteiger partial charge is 0.508 e. The van der Waals surface area contributed by atoms with Gasteiger partial charge in [-0.1, -0.05) is 12.1 Å². The molecule has 11 nitrogen and oxygen atoms in total. The van der Waals surface area contributed by atoms with Crippen molar-refractivity contribution in [3.63, 3.8) is 0 Å². The topological polar surface area (TPSA) is 197 Å². The molecule has 0 spiro atoms. The zero-order valence-corrected chi connectivity index (χ0v) is 17.0. The molecule has 0 unspecified atom stereocenters. The molecule has 0 aliphatic heterocycles. The number of benzene rings is 1. The number of primary amides is 1. The van der Waals surface area contributed by atoms with Crippen molar-refractivity contribution >= 4 is 23.8 Å². The Bertz CT molecular complexity index is 760. The van der Waals surface area contributed by atoms with Gasteiger partial charge in [-0.3, -0.25) is 9.59 Å². The third-order valence-electron chi connectivity index (χ3n) is 4.17. The number of carboxylic acid groups (broad SMARTS) is 1. The second kappa shape index (κ2) is 11.0. The monoisotopic (exact) mass is 423 g/mol. The first-order valence-electron chi connectivity index (χ1n) is 9.34. The van der Waals surface area contributed by atoms with Gasteiger partial charge < -0.3 is 37.6 Å². The molecule has 0 aliphatic carbocycles. The lowest BCUT2D eigenvalue weighted by Gasteiger charge is -2.25. The minimum absolute atomic E-state index is 0.0202. The number of carboxylic acids is 1. The maximum Gasteiger partial charge on any atom is 0.326 e. The van der Waals surface area contributed by atoms with Crippen molar-refractivity contribution in [2.45, 2.75) is 50.7 Å². The number of hydrogen-bond acceptors (Lipinski definition) is 6. The summed E-state index contributed by atoms with van der Waals surface area (Å²) in [5.41, 5.74) is 10.1. The van der Waals surface area contributed by atoms with E-state index < -0.39 is 41.4 Å². The van der Waals surface area contributed by atoms with Crippen molar-refractivity contribution in [1.82, 2.24) is 16.0 Å². The van der Waals surface area contributed by atoms with Crippen LogP contribution in [-0.4, -0.2) is 58.2 Å². The van der Waals surface area contributed by atoms with E-state index in [1.807, 2.05) is 0 Å². The first-order valence-corrected chi connectivity index (χ1v) is 9.34. The van der Waals surface area contributed by atoms with Crippen LogP contribution in [0.2, 0.25) is 0 Å². The Morgan fingerprint density at radius 1 is 1.07 bits per heavy atom. The summed E-state index contributed by atoms with van der Waals surface area (Å²) in [5.74, 6) is -2.50. The molecule has 0 bridgehead atoms. The fraction of sp³-hybridized carbons (Fsp3) is 0.474. The predicted molar refractivity (Wildman–Crippen MR) is 108 cm³/mol. The molecule has 0 aromatic heterocycles. The van der Waals surface area contributed by atoms with Gasteiger partial charge in [-0.05, 0) is 44.4 Å². The molecular weight excluding hydrogens is 394 g/mol. The van der Waals surface area contributed by atoms with E-state index in [0.717, 1.165) is 0 Å². The molecule has 0 heterocycles. The van der Waals surface area contributed by atoms with Crippen molar-refractivity contribution in [2.24, 2.45) is 11.5 Å². The molecular formula is C19H29N5O6. The van der Waals surface area contributed by atoms with E-state index in [1.165, 1.54) is 26.0 Å². The Balaban J connectivity index is 2.86. The number of phenols is 1. The predicted octanol–water partition coefficient (Wildman–Crippen LogP) is -0.825. The molecule has 0 saturated carbocycles. The Hall–Kier alpha value is -3.34. The van der Waals surface area contributed by atoms with E-state index in [0.29, 0.717) is 12.0 Å². The minimum Gasteiger partial charge on any atom is -0.508 e. The van der Waals surface area contributed by atoms with Crippen LogP contribution < -0.4 is 27.4 Å². The van der Waals surface area contributed by atoms with E-state index in [9.17, 15) is 29.4 Å². The highest BCUT2D eigenvalue weighted by Gasteiger charge is 2.30. The standard InChI is InChI=1S/C19H29N5O6/c1-19(2,21)17(29)24-13(4-3-9-22-18(20)30)15(26)23-14(16(27)28)10-11-5-7-12(25)8-6-11/h5-8,13-14,25H,3-4,9-10,21H2,1-2H3,(H,23,26)(H,24,29)(H,27,28)(H3,20,22,30)/t13-,14+/m0/s1. The number of amides is 4. The highest BCUT2D eigenvalue weighted by Crippen LogP contribution is 2.12. The molecule has 30 heavy (non-hydrogen) atoms. The fourth-order valence-electron chi connectivity index (χ4n) is 2.47. The number of carbonyl (C=O) groups excluding carboxylic acids is 3. The van der Waals surface area contributed by atoms with E-state index in [4.69, 9.17) is 11.5 Å². The Morgan fingerprint density at radius 2 is 1.67 bits per heavy atom. The maximum atomic E-state index is 12.7. The number of nitrogens with one attached hydrogen (secondary N) is 3. The normalized spacial score (nSPS) is 13.0. The lowest BCUT2D eigenvalue weighted by Crippen LogP contribution is -2.57. The molecule has 166 valence electrons. The first kappa shape index (κ1) is 24.7. The van der Waals surface area contributed by atoms with Gasteiger partial charge >= 0.3 is 12.0 Å². The number of aliphatic carboxylic acids is 1. The van der Waals surface area contributed by atoms with Crippen molar-refractivity contribution < 1.29 is 29.4 Å². The molecule has 11 heteroatoms. The zero-order valence-electron chi connectivity index (χ0n) is 17.0. The maximum absolute atomic E-state index is 12.7. The molecule has 1 rings (SSSR count). The molecule has 0 saturated heterocycles. The quantitative estimate of drug-likeness (QED) is 0.225. The van der Waals surface area contributed by atoms with Crippen LogP contribution in [0.1, 0.15) is 32.3 Å². The summed E-state index contributed by atoms with van der Waals surface area (Å²) in [6.45, 7) is 3.12. The van der Waals surface area contributed by atoms with Crippen LogP contribution >= 0.6 is 0 Å². The molecule has 0 radical (unpaired) electrons. The summed E-state index contributed by atoms with van der Waals surface area (Å²) in [4.78, 5) is 47.3. The average molecular weight is 423 g/mol. The number of nitrogens with two attached hydrogens (primary N) is 2. The Labute approximate surface area is 174 Å². The highest BCUT2D eigenvalue weighted by molar-refractivity contribution is 5.93. The van der Waals surface area contributed by atoms with Gasteiger partial charge in [0.2, 0.25) is 11.8 Å². The number of aromatic hydroxyl groups is 1. The van der Waals surface area contributed by atoms with Crippen molar-refractivity contribution in [2.75, 3.05) is 6.54 Å². The zero-order chi connectivity index (χ0) is 22.9. The summed E-state index contributed by atoms with van der Waals surface area (Å²) in [6, 6.07) is 2.88. The third-order valence-corrected chi connectivity index (χ3v) is 4.17. The second-order valence-electron chi connectivity index (χ2n) is 7.45. The van der Waals surface area contributed by atoms with Crippen molar-refractivity contribution in [3.8, 4) is 5.75 Å². The number of hydrogen-bond donors (Lipinski definition) is 7. The van der Waals surface area contributed by atoms with Crippen molar-refractivity contribution in [3.05, 3.63) is 29.8 Å². The second-order valence-corrected chi connectivity index (χ2v) is 7.45. The van der Waals surface area contributed by atoms with Gasteiger partial charge in [0, 0.05) is 13.0 Å². The van der Waals surface area contributed by atoms with Crippen molar-refractivity contribution in [1.29, 1.82) is 0 Å². The van der Waals surface area contributed by atoms with E-state index in [-0.39, 0.29) is 25.1 Å². The lowest BCUT2D eigenvalue weighted by atomic mass is 10.0. The van der Waals surface area contributed by atoms with Crippen LogP contribution in [0.15, 0.2) is 24.3 Å². The highest BCUT2D eigenvalue weighted by atomic mass is 16.4. The average Bonchev–Trinajstić information content (AvgIpc) is 2.63. The third kappa shape index (κ3) is 8.78. The SMILES string of the molecule is CC(C)(N)C(=O)N[C@@H](CCCNC(N)=O)C(=O)N[C@H](Cc1ccc(O)cc1)C(=O)O. The van der Waals surface area contributed by atoms with Crippen LogP contribution in [-0.2, 0) is 20.8 Å². The summed E-state index contributed by atoms with van der Waals surface area (Å²) in [6.07, 6.45) is 0.412. The molecule has 0 aliphatic rings. The number of rotatable bonds is 11. The Morgan fingerprint density at radius 3 is 2.17 bits per heavy atom. The summed E-state index contributed by atoms with van der Waals surface area (Å²) in [7, 11) is 0. The van der Waals surface area contributed by atoms with Crippen LogP contribution in [0.4, 0.5) is 4.79 Å². The molecule has 1 aromatic rings. The van der Waals surface area contributed by atoms with Gasteiger partial charge in [-0.25, -0.2) is 9.59 Å². The molecule has 2 atom stereocenters. The van der Waals surface area contributed by atoms with Crippen LogP contribution in [0.5, 0.6) is 5.75 Å². The van der Waals surface area contributed by atoms with Crippen LogP contribution in [0.3, 0.4) is 0 Å². The smallest absolute Gasteiger partial charge is 0.326 e. The van der Waals surface area contributed by atoms with E-state index in [2.05, 4.69) is 16.0 Å². The van der Waals surface area contributed by atoms with Crippen LogP contribution in [0.25, 0.3) is 0 Å². The lowest BCUT2D eigenvalue weighted by molar-refractivity contribution is -0.142.